The van der Waals surface area contributed by atoms with Crippen LogP contribution >= 0.6 is 11.6 Å². The van der Waals surface area contributed by atoms with Crippen LogP contribution in [0, 0.1) is 6.92 Å². The third-order valence-electron chi connectivity index (χ3n) is 3.58. The highest BCUT2D eigenvalue weighted by Gasteiger charge is 2.25. The largest absolute Gasteiger partial charge is 0.484 e. The molecule has 0 saturated carbocycles. The highest BCUT2D eigenvalue weighted by atomic mass is 35.5. The Morgan fingerprint density at radius 1 is 1.09 bits per heavy atom. The van der Waals surface area contributed by atoms with Crippen LogP contribution in [-0.2, 0) is 9.53 Å². The predicted octanol–water partition coefficient (Wildman–Crippen LogP) is 1.89. The summed E-state index contributed by atoms with van der Waals surface area (Å²) in [5.41, 5.74) is 1.14. The molecule has 0 bridgehead atoms. The molecule has 2 amide bonds. The summed E-state index contributed by atoms with van der Waals surface area (Å²) in [6.45, 7) is 4.06. The molecule has 1 aliphatic heterocycles. The summed E-state index contributed by atoms with van der Waals surface area (Å²) in [6.07, 6.45) is -0.381. The van der Waals surface area contributed by atoms with Crippen LogP contribution in [0.2, 0.25) is 0 Å². The van der Waals surface area contributed by atoms with E-state index in [9.17, 15) is 9.59 Å². The minimum absolute atomic E-state index is 0.000243. The SMILES string of the molecule is Cc1ccc(OCC(=O)N2CCN(C(=O)OCCCl)CC2)cc1. The van der Waals surface area contributed by atoms with E-state index < -0.39 is 0 Å². The highest BCUT2D eigenvalue weighted by molar-refractivity contribution is 6.18. The molecule has 0 N–H and O–H groups in total. The van der Waals surface area contributed by atoms with E-state index in [-0.39, 0.29) is 31.1 Å². The van der Waals surface area contributed by atoms with Gasteiger partial charge in [0.05, 0.1) is 5.88 Å². The Hall–Kier alpha value is -1.95. The van der Waals surface area contributed by atoms with E-state index in [0.29, 0.717) is 31.9 Å². The number of halogens is 1. The second kappa shape index (κ2) is 8.62. The molecule has 1 saturated heterocycles. The summed E-state index contributed by atoms with van der Waals surface area (Å²) in [7, 11) is 0. The third kappa shape index (κ3) is 5.32. The standard InChI is InChI=1S/C16H21ClN2O4/c1-13-2-4-14(5-3-13)23-12-15(20)18-7-9-19(10-8-18)16(21)22-11-6-17/h2-5H,6-12H2,1H3. The molecule has 0 unspecified atom stereocenters. The lowest BCUT2D eigenvalue weighted by molar-refractivity contribution is -0.134. The number of piperazine rings is 1. The molecular weight excluding hydrogens is 320 g/mol. The number of hydrogen-bond acceptors (Lipinski definition) is 4. The number of alkyl halides is 1. The average molecular weight is 341 g/mol. The minimum Gasteiger partial charge on any atom is -0.484 e. The first-order valence-corrected chi connectivity index (χ1v) is 8.08. The van der Waals surface area contributed by atoms with E-state index in [2.05, 4.69) is 0 Å². The number of carbonyl (C=O) groups excluding carboxylic acids is 2. The lowest BCUT2D eigenvalue weighted by atomic mass is 10.2. The quantitative estimate of drug-likeness (QED) is 0.768. The fourth-order valence-electron chi connectivity index (χ4n) is 2.23. The maximum absolute atomic E-state index is 12.1. The summed E-state index contributed by atoms with van der Waals surface area (Å²) < 4.78 is 10.5. The Bertz CT molecular complexity index is 527. The average Bonchev–Trinajstić information content (AvgIpc) is 2.59. The van der Waals surface area contributed by atoms with Gasteiger partial charge in [-0.05, 0) is 19.1 Å². The summed E-state index contributed by atoms with van der Waals surface area (Å²) >= 11 is 5.48. The van der Waals surface area contributed by atoms with Crippen molar-refractivity contribution < 1.29 is 19.1 Å². The predicted molar refractivity (Wildman–Crippen MR) is 86.9 cm³/mol. The van der Waals surface area contributed by atoms with Crippen molar-refractivity contribution in [2.75, 3.05) is 45.3 Å². The van der Waals surface area contributed by atoms with Crippen molar-refractivity contribution in [2.24, 2.45) is 0 Å². The van der Waals surface area contributed by atoms with Crippen molar-refractivity contribution in [3.63, 3.8) is 0 Å². The van der Waals surface area contributed by atoms with Gasteiger partial charge in [-0.3, -0.25) is 4.79 Å². The third-order valence-corrected chi connectivity index (χ3v) is 3.73. The summed E-state index contributed by atoms with van der Waals surface area (Å²) in [5.74, 6) is 0.868. The van der Waals surface area contributed by atoms with Crippen LogP contribution in [0.3, 0.4) is 0 Å². The van der Waals surface area contributed by atoms with Crippen molar-refractivity contribution in [1.29, 1.82) is 0 Å². The molecule has 6 nitrogen and oxygen atoms in total. The van der Waals surface area contributed by atoms with Crippen molar-refractivity contribution in [3.05, 3.63) is 29.8 Å². The van der Waals surface area contributed by atoms with E-state index in [1.165, 1.54) is 0 Å². The van der Waals surface area contributed by atoms with Crippen molar-refractivity contribution in [1.82, 2.24) is 9.80 Å². The Kier molecular flexibility index (Phi) is 6.52. The number of ether oxygens (including phenoxy) is 2. The molecule has 126 valence electrons. The van der Waals surface area contributed by atoms with Crippen molar-refractivity contribution in [2.45, 2.75) is 6.92 Å². The number of nitrogens with zero attached hydrogens (tertiary/aromatic N) is 2. The van der Waals surface area contributed by atoms with Crippen LogP contribution in [0.15, 0.2) is 24.3 Å². The lowest BCUT2D eigenvalue weighted by Crippen LogP contribution is -2.51. The topological polar surface area (TPSA) is 59.1 Å². The summed E-state index contributed by atoms with van der Waals surface area (Å²) in [6, 6.07) is 7.55. The highest BCUT2D eigenvalue weighted by Crippen LogP contribution is 2.12. The van der Waals surface area contributed by atoms with Crippen molar-refractivity contribution >= 4 is 23.6 Å². The summed E-state index contributed by atoms with van der Waals surface area (Å²) in [4.78, 5) is 27.1. The molecule has 1 aromatic rings. The molecule has 1 fully saturated rings. The zero-order valence-corrected chi connectivity index (χ0v) is 13.9. The second-order valence-electron chi connectivity index (χ2n) is 5.27. The molecule has 0 spiro atoms. The molecule has 1 heterocycles. The first-order chi connectivity index (χ1) is 11.1. The first-order valence-electron chi connectivity index (χ1n) is 7.55. The molecule has 23 heavy (non-hydrogen) atoms. The maximum atomic E-state index is 12.1. The number of aryl methyl sites for hydroxylation is 1. The molecule has 1 aromatic carbocycles. The van der Waals surface area contributed by atoms with Crippen LogP contribution in [0.4, 0.5) is 4.79 Å². The smallest absolute Gasteiger partial charge is 0.409 e. The number of amides is 2. The van der Waals surface area contributed by atoms with Gasteiger partial charge >= 0.3 is 6.09 Å². The fraction of sp³-hybridized carbons (Fsp3) is 0.500. The Balaban J connectivity index is 1.73. The van der Waals surface area contributed by atoms with Gasteiger partial charge in [0.15, 0.2) is 6.61 Å². The first kappa shape index (κ1) is 17.4. The molecule has 0 aliphatic carbocycles. The fourth-order valence-corrected chi connectivity index (χ4v) is 2.30. The van der Waals surface area contributed by atoms with Gasteiger partial charge in [0.25, 0.3) is 5.91 Å². The van der Waals surface area contributed by atoms with Crippen LogP contribution in [0.1, 0.15) is 5.56 Å². The van der Waals surface area contributed by atoms with Gasteiger partial charge in [-0.25, -0.2) is 4.79 Å². The molecule has 0 atom stereocenters. The van der Waals surface area contributed by atoms with E-state index in [4.69, 9.17) is 21.1 Å². The second-order valence-corrected chi connectivity index (χ2v) is 5.65. The van der Waals surface area contributed by atoms with E-state index in [1.807, 2.05) is 31.2 Å². The van der Waals surface area contributed by atoms with Gasteiger partial charge in [-0.2, -0.15) is 0 Å². The lowest BCUT2D eigenvalue weighted by Gasteiger charge is -2.34. The molecule has 2 rings (SSSR count). The molecule has 7 heteroatoms. The van der Waals surface area contributed by atoms with Crippen LogP contribution in [-0.4, -0.2) is 67.1 Å². The number of benzene rings is 1. The molecule has 0 aromatic heterocycles. The van der Waals surface area contributed by atoms with Gasteiger partial charge in [0.1, 0.15) is 12.4 Å². The molecule has 1 aliphatic rings. The van der Waals surface area contributed by atoms with Crippen molar-refractivity contribution in [3.8, 4) is 5.75 Å². The van der Waals surface area contributed by atoms with Gasteiger partial charge in [0, 0.05) is 26.2 Å². The van der Waals surface area contributed by atoms with Gasteiger partial charge < -0.3 is 19.3 Å². The van der Waals surface area contributed by atoms with E-state index in [0.717, 1.165) is 5.56 Å². The van der Waals surface area contributed by atoms with Gasteiger partial charge in [-0.1, -0.05) is 17.7 Å². The monoisotopic (exact) mass is 340 g/mol. The Labute approximate surface area is 140 Å². The van der Waals surface area contributed by atoms with Gasteiger partial charge in [-0.15, -0.1) is 11.6 Å². The molecular formula is C16H21ClN2O4. The normalized spacial score (nSPS) is 14.5. The number of carbonyl (C=O) groups is 2. The summed E-state index contributed by atoms with van der Waals surface area (Å²) in [5, 5.41) is 0. The minimum atomic E-state index is -0.381. The van der Waals surface area contributed by atoms with Gasteiger partial charge in [0.2, 0.25) is 0 Å². The number of rotatable bonds is 5. The zero-order chi connectivity index (χ0) is 16.7. The van der Waals surface area contributed by atoms with Crippen LogP contribution in [0.5, 0.6) is 5.75 Å². The number of hydrogen-bond donors (Lipinski definition) is 0. The van der Waals surface area contributed by atoms with Crippen LogP contribution in [0.25, 0.3) is 0 Å². The van der Waals surface area contributed by atoms with E-state index in [1.54, 1.807) is 9.80 Å². The van der Waals surface area contributed by atoms with Crippen LogP contribution < -0.4 is 4.74 Å². The molecule has 0 radical (unpaired) electrons. The Morgan fingerprint density at radius 3 is 2.30 bits per heavy atom. The van der Waals surface area contributed by atoms with E-state index >= 15 is 0 Å². The maximum Gasteiger partial charge on any atom is 0.409 e. The zero-order valence-electron chi connectivity index (χ0n) is 13.2. The Morgan fingerprint density at radius 2 is 1.70 bits per heavy atom.